The van der Waals surface area contributed by atoms with Gasteiger partial charge in [0.05, 0.1) is 13.2 Å². The van der Waals surface area contributed by atoms with Gasteiger partial charge in [-0.1, -0.05) is 192 Å². The van der Waals surface area contributed by atoms with Gasteiger partial charge in [-0.25, -0.2) is 4.57 Å². The van der Waals surface area contributed by atoms with Crippen molar-refractivity contribution in [3.63, 3.8) is 0 Å². The van der Waals surface area contributed by atoms with Crippen molar-refractivity contribution in [2.75, 3.05) is 19.8 Å². The SMILES string of the molecule is CCCCCCCC/C=C\CCCCCCCCCCCCCC(=O)OC[C@H](COP(=O)(O)OC[C@H](N)C(=O)O)OC(=O)CCCCCCCCC/C=C\CCCCCCCC. The molecule has 12 heteroatoms. The lowest BCUT2D eigenvalue weighted by molar-refractivity contribution is -0.161. The van der Waals surface area contributed by atoms with E-state index in [0.29, 0.717) is 12.8 Å². The number of carboxylic acids is 1. The predicted molar refractivity (Wildman–Crippen MR) is 254 cm³/mol. The van der Waals surface area contributed by atoms with Crippen LogP contribution in [0.15, 0.2) is 24.3 Å². The molecule has 0 aliphatic rings. The second kappa shape index (κ2) is 45.5. The van der Waals surface area contributed by atoms with Crippen LogP contribution in [0.25, 0.3) is 0 Å². The van der Waals surface area contributed by atoms with Crippen LogP contribution < -0.4 is 5.73 Å². The van der Waals surface area contributed by atoms with E-state index in [2.05, 4.69) is 42.7 Å². The van der Waals surface area contributed by atoms with Crippen molar-refractivity contribution in [2.24, 2.45) is 5.73 Å². The summed E-state index contributed by atoms with van der Waals surface area (Å²) in [5.74, 6) is -2.37. The summed E-state index contributed by atoms with van der Waals surface area (Å²) >= 11 is 0. The fourth-order valence-corrected chi connectivity index (χ4v) is 7.95. The van der Waals surface area contributed by atoms with Gasteiger partial charge in [0.1, 0.15) is 12.6 Å². The van der Waals surface area contributed by atoms with Gasteiger partial charge < -0.3 is 25.2 Å². The number of unbranched alkanes of at least 4 members (excludes halogenated alkanes) is 30. The normalized spacial score (nSPS) is 13.7. The van der Waals surface area contributed by atoms with Crippen LogP contribution in [0.4, 0.5) is 0 Å². The molecule has 0 aromatic carbocycles. The summed E-state index contributed by atoms with van der Waals surface area (Å²) < 4.78 is 32.8. The van der Waals surface area contributed by atoms with Crippen LogP contribution in [0.3, 0.4) is 0 Å². The summed E-state index contributed by atoms with van der Waals surface area (Å²) in [4.78, 5) is 46.1. The first-order valence-electron chi connectivity index (χ1n) is 25.4. The summed E-state index contributed by atoms with van der Waals surface area (Å²) in [7, 11) is -4.72. The Morgan fingerprint density at radius 1 is 0.484 bits per heavy atom. The minimum Gasteiger partial charge on any atom is -0.480 e. The van der Waals surface area contributed by atoms with E-state index in [1.165, 1.54) is 161 Å². The van der Waals surface area contributed by atoms with Crippen molar-refractivity contribution in [1.29, 1.82) is 0 Å². The van der Waals surface area contributed by atoms with E-state index < -0.39 is 51.1 Å². The summed E-state index contributed by atoms with van der Waals surface area (Å²) in [6.07, 6.45) is 49.5. The molecule has 1 unspecified atom stereocenters. The van der Waals surface area contributed by atoms with Crippen LogP contribution in [0.2, 0.25) is 0 Å². The Kier molecular flexibility index (Phi) is 44.0. The lowest BCUT2D eigenvalue weighted by Gasteiger charge is -2.20. The van der Waals surface area contributed by atoms with E-state index in [9.17, 15) is 23.8 Å². The highest BCUT2D eigenvalue weighted by molar-refractivity contribution is 7.47. The van der Waals surface area contributed by atoms with Gasteiger partial charge >= 0.3 is 25.7 Å². The second-order valence-corrected chi connectivity index (χ2v) is 18.8. The zero-order valence-corrected chi connectivity index (χ0v) is 40.6. The number of phosphoric ester groups is 1. The molecule has 0 fully saturated rings. The number of nitrogens with two attached hydrogens (primary N) is 1. The molecular weight excluding hydrogens is 806 g/mol. The van der Waals surface area contributed by atoms with Crippen molar-refractivity contribution in [1.82, 2.24) is 0 Å². The van der Waals surface area contributed by atoms with Crippen molar-refractivity contribution in [2.45, 2.75) is 257 Å². The van der Waals surface area contributed by atoms with Gasteiger partial charge in [0.25, 0.3) is 0 Å². The number of carboxylic acid groups (broad SMARTS) is 1. The van der Waals surface area contributed by atoms with Gasteiger partial charge in [0, 0.05) is 12.8 Å². The minimum absolute atomic E-state index is 0.159. The molecule has 0 amide bonds. The Bertz CT molecular complexity index is 1150. The van der Waals surface area contributed by atoms with Gasteiger partial charge in [-0.15, -0.1) is 0 Å². The van der Waals surface area contributed by atoms with Crippen LogP contribution >= 0.6 is 7.82 Å². The molecule has 0 aliphatic heterocycles. The molecule has 0 aromatic heterocycles. The lowest BCUT2D eigenvalue weighted by atomic mass is 10.0. The molecule has 0 spiro atoms. The van der Waals surface area contributed by atoms with E-state index >= 15 is 0 Å². The maximum atomic E-state index is 12.7. The lowest BCUT2D eigenvalue weighted by Crippen LogP contribution is -2.34. The van der Waals surface area contributed by atoms with E-state index in [4.69, 9.17) is 24.8 Å². The average molecular weight is 900 g/mol. The molecule has 0 radical (unpaired) electrons. The van der Waals surface area contributed by atoms with Crippen LogP contribution in [-0.2, 0) is 37.5 Å². The number of phosphoric acid groups is 1. The summed E-state index contributed by atoms with van der Waals surface area (Å²) in [6.45, 7) is 2.83. The van der Waals surface area contributed by atoms with E-state index in [1.54, 1.807) is 0 Å². The molecule has 62 heavy (non-hydrogen) atoms. The largest absolute Gasteiger partial charge is 0.480 e. The highest BCUT2D eigenvalue weighted by Crippen LogP contribution is 2.43. The Labute approximate surface area is 379 Å². The van der Waals surface area contributed by atoms with Gasteiger partial charge in [-0.2, -0.15) is 0 Å². The average Bonchev–Trinajstić information content (AvgIpc) is 3.25. The first-order chi connectivity index (χ1) is 30.1. The van der Waals surface area contributed by atoms with Crippen LogP contribution in [0, 0.1) is 0 Å². The van der Waals surface area contributed by atoms with Gasteiger partial charge in [0.2, 0.25) is 0 Å². The fourth-order valence-electron chi connectivity index (χ4n) is 7.17. The number of ether oxygens (including phenoxy) is 2. The fraction of sp³-hybridized carbons (Fsp3) is 0.860. The Morgan fingerprint density at radius 3 is 1.18 bits per heavy atom. The van der Waals surface area contributed by atoms with Gasteiger partial charge in [0.15, 0.2) is 6.10 Å². The minimum atomic E-state index is -4.72. The van der Waals surface area contributed by atoms with Crippen molar-refractivity contribution >= 4 is 25.7 Å². The van der Waals surface area contributed by atoms with Gasteiger partial charge in [-0.05, 0) is 64.2 Å². The van der Waals surface area contributed by atoms with Crippen molar-refractivity contribution in [3.8, 4) is 0 Å². The number of carbonyl (C=O) groups excluding carboxylic acids is 2. The highest BCUT2D eigenvalue weighted by atomic mass is 31.2. The molecule has 0 bridgehead atoms. The summed E-state index contributed by atoms with van der Waals surface area (Å²) in [6, 6.07) is -1.52. The Morgan fingerprint density at radius 2 is 0.806 bits per heavy atom. The second-order valence-electron chi connectivity index (χ2n) is 17.3. The molecular formula is C50H94NO10P. The number of hydrogen-bond acceptors (Lipinski definition) is 9. The Balaban J connectivity index is 4.23. The number of esters is 2. The third-order valence-corrected chi connectivity index (χ3v) is 12.1. The van der Waals surface area contributed by atoms with Crippen LogP contribution in [-0.4, -0.2) is 59.9 Å². The third-order valence-electron chi connectivity index (χ3n) is 11.2. The maximum absolute atomic E-state index is 12.7. The van der Waals surface area contributed by atoms with Gasteiger partial charge in [-0.3, -0.25) is 23.4 Å². The Hall–Kier alpha value is -2.04. The van der Waals surface area contributed by atoms with E-state index in [-0.39, 0.29) is 19.4 Å². The summed E-state index contributed by atoms with van der Waals surface area (Å²) in [5, 5.41) is 8.92. The van der Waals surface area contributed by atoms with Crippen LogP contribution in [0.1, 0.15) is 245 Å². The van der Waals surface area contributed by atoms with E-state index in [0.717, 1.165) is 44.9 Å². The van der Waals surface area contributed by atoms with E-state index in [1.807, 2.05) is 0 Å². The quantitative estimate of drug-likeness (QED) is 0.0230. The standard InChI is InChI=1S/C50H94NO10P/c1-3-5-7-9-11-13-15-17-19-21-22-23-24-26-27-29-31-33-35-37-39-41-48(52)58-43-46(44-59-62(56,57)60-45-47(51)50(54)55)61-49(53)42-40-38-36-34-32-30-28-25-20-18-16-14-12-10-8-6-4-2/h17-20,46-47H,3-16,21-45,51H2,1-2H3,(H,54,55)(H,56,57)/b19-17-,20-18-/t46-,47+/m1/s1. The molecule has 3 atom stereocenters. The molecule has 4 N–H and O–H groups in total. The number of rotatable bonds is 48. The monoisotopic (exact) mass is 900 g/mol. The zero-order chi connectivity index (χ0) is 45.6. The third kappa shape index (κ3) is 44.6. The molecule has 0 aromatic rings. The summed E-state index contributed by atoms with van der Waals surface area (Å²) in [5.41, 5.74) is 5.35. The predicted octanol–water partition coefficient (Wildman–Crippen LogP) is 14.2. The molecule has 11 nitrogen and oxygen atoms in total. The molecule has 0 heterocycles. The topological polar surface area (TPSA) is 172 Å². The number of hydrogen-bond donors (Lipinski definition) is 3. The highest BCUT2D eigenvalue weighted by Gasteiger charge is 2.28. The molecule has 0 saturated heterocycles. The number of allylic oxidation sites excluding steroid dienone is 4. The number of carbonyl (C=O) groups is 3. The van der Waals surface area contributed by atoms with Crippen LogP contribution in [0.5, 0.6) is 0 Å². The number of aliphatic carboxylic acids is 1. The zero-order valence-electron chi connectivity index (χ0n) is 39.7. The van der Waals surface area contributed by atoms with Crippen molar-refractivity contribution < 1.29 is 47.5 Å². The van der Waals surface area contributed by atoms with Crippen molar-refractivity contribution in [3.05, 3.63) is 24.3 Å². The molecule has 364 valence electrons. The molecule has 0 rings (SSSR count). The molecule has 0 aliphatic carbocycles. The first kappa shape index (κ1) is 60.0. The first-order valence-corrected chi connectivity index (χ1v) is 26.9. The maximum Gasteiger partial charge on any atom is 0.472 e. The molecule has 0 saturated carbocycles. The smallest absolute Gasteiger partial charge is 0.472 e.